The largest absolute Gasteiger partial charge is 0.502 e. The molecule has 0 aliphatic heterocycles. The van der Waals surface area contributed by atoms with E-state index < -0.39 is 11.6 Å². The molecular weight excluding hydrogens is 185 g/mol. The van der Waals surface area contributed by atoms with Crippen molar-refractivity contribution in [2.45, 2.75) is 12.8 Å². The lowest BCUT2D eigenvalue weighted by Crippen LogP contribution is -2.02. The van der Waals surface area contributed by atoms with Gasteiger partial charge in [-0.25, -0.2) is 4.39 Å². The van der Waals surface area contributed by atoms with Crippen molar-refractivity contribution in [2.24, 2.45) is 5.73 Å². The second kappa shape index (κ2) is 4.81. The van der Waals surface area contributed by atoms with Crippen LogP contribution in [0.2, 0.25) is 0 Å². The quantitative estimate of drug-likeness (QED) is 0.771. The number of ether oxygens (including phenoxy) is 1. The molecule has 14 heavy (non-hydrogen) atoms. The molecule has 0 radical (unpaired) electrons. The second-order valence-electron chi connectivity index (χ2n) is 2.98. The van der Waals surface area contributed by atoms with Crippen LogP contribution in [0.15, 0.2) is 12.1 Å². The Morgan fingerprint density at radius 3 is 2.79 bits per heavy atom. The number of halogens is 1. The van der Waals surface area contributed by atoms with Crippen LogP contribution < -0.4 is 10.5 Å². The second-order valence-corrected chi connectivity index (χ2v) is 2.98. The van der Waals surface area contributed by atoms with E-state index in [1.54, 1.807) is 6.07 Å². The summed E-state index contributed by atoms with van der Waals surface area (Å²) in [6.45, 7) is 0.557. The molecule has 0 saturated heterocycles. The van der Waals surface area contributed by atoms with Gasteiger partial charge in [0.2, 0.25) is 0 Å². The zero-order chi connectivity index (χ0) is 10.6. The van der Waals surface area contributed by atoms with Gasteiger partial charge in [0.1, 0.15) is 0 Å². The average Bonchev–Trinajstić information content (AvgIpc) is 2.20. The van der Waals surface area contributed by atoms with Gasteiger partial charge in [-0.1, -0.05) is 6.07 Å². The highest BCUT2D eigenvalue weighted by molar-refractivity contribution is 5.46. The summed E-state index contributed by atoms with van der Waals surface area (Å²) in [6.07, 6.45) is 1.45. The Bertz CT molecular complexity index is 315. The van der Waals surface area contributed by atoms with Crippen LogP contribution in [0.5, 0.6) is 11.5 Å². The third-order valence-corrected chi connectivity index (χ3v) is 2.02. The number of phenols is 1. The van der Waals surface area contributed by atoms with Crippen LogP contribution in [0.3, 0.4) is 0 Å². The summed E-state index contributed by atoms with van der Waals surface area (Å²) >= 11 is 0. The number of rotatable bonds is 4. The topological polar surface area (TPSA) is 55.5 Å². The highest BCUT2D eigenvalue weighted by Crippen LogP contribution is 2.33. The van der Waals surface area contributed by atoms with Gasteiger partial charge in [0.25, 0.3) is 0 Å². The van der Waals surface area contributed by atoms with Crippen LogP contribution >= 0.6 is 0 Å². The van der Waals surface area contributed by atoms with E-state index in [-0.39, 0.29) is 5.75 Å². The van der Waals surface area contributed by atoms with Crippen LogP contribution in [-0.2, 0) is 6.42 Å². The van der Waals surface area contributed by atoms with E-state index in [2.05, 4.69) is 0 Å². The predicted molar refractivity (Wildman–Crippen MR) is 52.0 cm³/mol. The van der Waals surface area contributed by atoms with E-state index >= 15 is 0 Å². The van der Waals surface area contributed by atoms with Crippen molar-refractivity contribution < 1.29 is 14.2 Å². The molecule has 0 bridgehead atoms. The normalized spacial score (nSPS) is 10.2. The number of aromatic hydroxyl groups is 1. The van der Waals surface area contributed by atoms with Gasteiger partial charge in [0.05, 0.1) is 7.11 Å². The molecule has 0 heterocycles. The fourth-order valence-electron chi connectivity index (χ4n) is 1.31. The van der Waals surface area contributed by atoms with E-state index in [4.69, 9.17) is 10.5 Å². The Kier molecular flexibility index (Phi) is 3.71. The molecular formula is C10H14FNO2. The van der Waals surface area contributed by atoms with Gasteiger partial charge in [0, 0.05) is 0 Å². The lowest BCUT2D eigenvalue weighted by molar-refractivity contribution is 0.353. The highest BCUT2D eigenvalue weighted by Gasteiger charge is 2.12. The van der Waals surface area contributed by atoms with Crippen molar-refractivity contribution >= 4 is 0 Å². The van der Waals surface area contributed by atoms with Gasteiger partial charge < -0.3 is 15.6 Å². The lowest BCUT2D eigenvalue weighted by atomic mass is 10.1. The Morgan fingerprint density at radius 2 is 2.21 bits per heavy atom. The first-order chi connectivity index (χ1) is 6.70. The summed E-state index contributed by atoms with van der Waals surface area (Å²) in [4.78, 5) is 0. The van der Waals surface area contributed by atoms with E-state index in [0.717, 1.165) is 12.0 Å². The van der Waals surface area contributed by atoms with Crippen LogP contribution in [0.4, 0.5) is 4.39 Å². The van der Waals surface area contributed by atoms with Gasteiger partial charge in [0.15, 0.2) is 17.3 Å². The molecule has 0 aliphatic rings. The van der Waals surface area contributed by atoms with E-state index in [1.165, 1.54) is 13.2 Å². The van der Waals surface area contributed by atoms with Crippen molar-refractivity contribution in [3.05, 3.63) is 23.5 Å². The molecule has 1 aromatic rings. The molecule has 0 saturated carbocycles. The molecule has 0 aromatic heterocycles. The maximum atomic E-state index is 12.9. The summed E-state index contributed by atoms with van der Waals surface area (Å²) in [6, 6.07) is 2.83. The van der Waals surface area contributed by atoms with Crippen LogP contribution in [0.1, 0.15) is 12.0 Å². The highest BCUT2D eigenvalue weighted by atomic mass is 19.1. The lowest BCUT2D eigenvalue weighted by Gasteiger charge is -2.09. The van der Waals surface area contributed by atoms with Crippen molar-refractivity contribution in [3.8, 4) is 11.5 Å². The Balaban J connectivity index is 2.98. The number of nitrogens with two attached hydrogens (primary N) is 1. The molecule has 0 amide bonds. The van der Waals surface area contributed by atoms with Crippen molar-refractivity contribution in [1.29, 1.82) is 0 Å². The van der Waals surface area contributed by atoms with Crippen molar-refractivity contribution in [1.82, 2.24) is 0 Å². The summed E-state index contributed by atoms with van der Waals surface area (Å²) in [5.41, 5.74) is 6.13. The smallest absolute Gasteiger partial charge is 0.194 e. The minimum absolute atomic E-state index is 0.207. The van der Waals surface area contributed by atoms with Gasteiger partial charge in [-0.3, -0.25) is 0 Å². The molecule has 1 rings (SSSR count). The summed E-state index contributed by atoms with van der Waals surface area (Å²) in [7, 11) is 1.40. The molecule has 0 fully saturated rings. The van der Waals surface area contributed by atoms with Gasteiger partial charge in [-0.2, -0.15) is 0 Å². The first-order valence-electron chi connectivity index (χ1n) is 4.45. The monoisotopic (exact) mass is 199 g/mol. The molecule has 4 heteroatoms. The minimum atomic E-state index is -0.668. The van der Waals surface area contributed by atoms with Crippen molar-refractivity contribution in [3.63, 3.8) is 0 Å². The number of benzene rings is 1. The third-order valence-electron chi connectivity index (χ3n) is 2.02. The molecule has 1 aromatic carbocycles. The Morgan fingerprint density at radius 1 is 1.50 bits per heavy atom. The molecule has 0 atom stereocenters. The van der Waals surface area contributed by atoms with Gasteiger partial charge >= 0.3 is 0 Å². The Hall–Kier alpha value is -1.29. The van der Waals surface area contributed by atoms with Crippen LogP contribution in [0.25, 0.3) is 0 Å². The molecule has 3 N–H and O–H groups in total. The number of phenolic OH excluding ortho intramolecular Hbond substituents is 1. The van der Waals surface area contributed by atoms with Gasteiger partial charge in [-0.15, -0.1) is 0 Å². The van der Waals surface area contributed by atoms with Crippen molar-refractivity contribution in [2.75, 3.05) is 13.7 Å². The van der Waals surface area contributed by atoms with Crippen LogP contribution in [0, 0.1) is 5.82 Å². The number of methoxy groups -OCH3 is 1. The fraction of sp³-hybridized carbons (Fsp3) is 0.400. The summed E-state index contributed by atoms with van der Waals surface area (Å²) in [5, 5.41) is 9.35. The average molecular weight is 199 g/mol. The first kappa shape index (κ1) is 10.8. The Labute approximate surface area is 82.3 Å². The maximum Gasteiger partial charge on any atom is 0.194 e. The molecule has 0 aliphatic carbocycles. The summed E-state index contributed by atoms with van der Waals surface area (Å²) in [5.74, 6) is -0.890. The molecule has 0 spiro atoms. The van der Waals surface area contributed by atoms with Crippen LogP contribution in [-0.4, -0.2) is 18.8 Å². The minimum Gasteiger partial charge on any atom is -0.502 e. The van der Waals surface area contributed by atoms with Gasteiger partial charge in [-0.05, 0) is 31.0 Å². The van der Waals surface area contributed by atoms with E-state index in [1.807, 2.05) is 0 Å². The standard InChI is InChI=1S/C10H14FNO2/c1-14-10-7(3-2-6-12)4-5-8(11)9(10)13/h4-5,13H,2-3,6,12H2,1H3. The number of hydrogen-bond donors (Lipinski definition) is 2. The van der Waals surface area contributed by atoms with E-state index in [0.29, 0.717) is 13.0 Å². The third kappa shape index (κ3) is 2.14. The SMILES string of the molecule is COc1c(CCCN)ccc(F)c1O. The van der Waals surface area contributed by atoms with E-state index in [9.17, 15) is 9.50 Å². The predicted octanol–water partition coefficient (Wildman–Crippen LogP) is 1.43. The number of aryl methyl sites for hydroxylation is 1. The zero-order valence-corrected chi connectivity index (χ0v) is 8.09. The number of hydrogen-bond acceptors (Lipinski definition) is 3. The molecule has 3 nitrogen and oxygen atoms in total. The maximum absolute atomic E-state index is 12.9. The first-order valence-corrected chi connectivity index (χ1v) is 4.45. The molecule has 78 valence electrons. The molecule has 0 unspecified atom stereocenters. The fourth-order valence-corrected chi connectivity index (χ4v) is 1.31. The summed E-state index contributed by atoms with van der Waals surface area (Å²) < 4.78 is 17.8. The zero-order valence-electron chi connectivity index (χ0n) is 8.09.